The van der Waals surface area contributed by atoms with Gasteiger partial charge < -0.3 is 19.4 Å². The fraction of sp³-hybridized carbons (Fsp3) is 0.273. The van der Waals surface area contributed by atoms with Gasteiger partial charge in [-0.1, -0.05) is 19.1 Å². The lowest BCUT2D eigenvalue weighted by molar-refractivity contribution is -0.132. The first-order valence-corrected chi connectivity index (χ1v) is 9.17. The lowest BCUT2D eigenvalue weighted by Crippen LogP contribution is -2.35. The number of hydrogen-bond acceptors (Lipinski definition) is 4. The van der Waals surface area contributed by atoms with Crippen molar-refractivity contribution in [3.05, 3.63) is 59.9 Å². The zero-order valence-corrected chi connectivity index (χ0v) is 16.3. The Morgan fingerprint density at radius 1 is 1.14 bits per heavy atom. The minimum atomic E-state index is -0.259. The molecule has 0 fully saturated rings. The Hall–Kier alpha value is -3.28. The zero-order valence-electron chi connectivity index (χ0n) is 16.3. The lowest BCUT2D eigenvalue weighted by atomic mass is 10.1. The first kappa shape index (κ1) is 19.5. The molecule has 6 heteroatoms. The fourth-order valence-corrected chi connectivity index (χ4v) is 2.96. The second-order valence-electron chi connectivity index (χ2n) is 6.65. The van der Waals surface area contributed by atoms with Crippen LogP contribution in [0.1, 0.15) is 18.1 Å². The molecule has 3 rings (SSSR count). The van der Waals surface area contributed by atoms with Gasteiger partial charge in [0.15, 0.2) is 0 Å². The molecule has 0 aliphatic carbocycles. The van der Waals surface area contributed by atoms with Gasteiger partial charge in [0.1, 0.15) is 11.3 Å². The maximum absolute atomic E-state index is 12.5. The van der Waals surface area contributed by atoms with E-state index >= 15 is 0 Å². The standard InChI is InChI=1S/C22H24N2O4/c1-4-15-5-10-19-16(14-28-20(19)11-15)12-22(26)24(2)13-21(25)23-17-6-8-18(27-3)9-7-17/h5-11,14H,4,12-13H2,1-3H3,(H,23,25). The van der Waals surface area contributed by atoms with Gasteiger partial charge in [-0.15, -0.1) is 0 Å². The third-order valence-corrected chi connectivity index (χ3v) is 4.65. The van der Waals surface area contributed by atoms with E-state index < -0.39 is 0 Å². The molecule has 0 saturated carbocycles. The van der Waals surface area contributed by atoms with Crippen molar-refractivity contribution in [2.75, 3.05) is 26.0 Å². The number of nitrogens with one attached hydrogen (secondary N) is 1. The number of nitrogens with zero attached hydrogens (tertiary/aromatic N) is 1. The number of furan rings is 1. The fourth-order valence-electron chi connectivity index (χ4n) is 2.96. The summed E-state index contributed by atoms with van der Waals surface area (Å²) < 4.78 is 10.7. The topological polar surface area (TPSA) is 71.8 Å². The van der Waals surface area contributed by atoms with Crippen LogP contribution in [-0.2, 0) is 22.4 Å². The summed E-state index contributed by atoms with van der Waals surface area (Å²) >= 11 is 0. The minimum absolute atomic E-state index is 0.0272. The van der Waals surface area contributed by atoms with E-state index in [-0.39, 0.29) is 24.8 Å². The summed E-state index contributed by atoms with van der Waals surface area (Å²) in [6.07, 6.45) is 2.73. The third kappa shape index (κ3) is 4.52. The Morgan fingerprint density at radius 2 is 1.89 bits per heavy atom. The number of ether oxygens (including phenoxy) is 1. The number of carbonyl (C=O) groups excluding carboxylic acids is 2. The highest BCUT2D eigenvalue weighted by molar-refractivity contribution is 5.95. The van der Waals surface area contributed by atoms with Gasteiger partial charge in [-0.05, 0) is 42.3 Å². The van der Waals surface area contributed by atoms with Crippen molar-refractivity contribution in [1.82, 2.24) is 4.90 Å². The van der Waals surface area contributed by atoms with Crippen LogP contribution in [-0.4, -0.2) is 37.4 Å². The van der Waals surface area contributed by atoms with Crippen LogP contribution in [0.5, 0.6) is 5.75 Å². The minimum Gasteiger partial charge on any atom is -0.497 e. The summed E-state index contributed by atoms with van der Waals surface area (Å²) in [6.45, 7) is 2.06. The number of likely N-dealkylation sites (N-methyl/N-ethyl adjacent to an activating group) is 1. The van der Waals surface area contributed by atoms with E-state index in [4.69, 9.17) is 9.15 Å². The molecule has 0 aliphatic rings. The molecule has 28 heavy (non-hydrogen) atoms. The van der Waals surface area contributed by atoms with Gasteiger partial charge in [0, 0.05) is 23.7 Å². The van der Waals surface area contributed by atoms with Crippen LogP contribution in [0.25, 0.3) is 11.0 Å². The van der Waals surface area contributed by atoms with Crippen molar-refractivity contribution in [2.24, 2.45) is 0 Å². The first-order valence-electron chi connectivity index (χ1n) is 9.17. The highest BCUT2D eigenvalue weighted by atomic mass is 16.5. The Bertz CT molecular complexity index is 976. The predicted octanol–water partition coefficient (Wildman–Crippen LogP) is 3.64. The van der Waals surface area contributed by atoms with Crippen LogP contribution >= 0.6 is 0 Å². The van der Waals surface area contributed by atoms with E-state index in [1.807, 2.05) is 18.2 Å². The second-order valence-corrected chi connectivity index (χ2v) is 6.65. The molecule has 1 N–H and O–H groups in total. The lowest BCUT2D eigenvalue weighted by Gasteiger charge is -2.16. The van der Waals surface area contributed by atoms with Crippen LogP contribution in [0.15, 0.2) is 53.1 Å². The number of fused-ring (bicyclic) bond motifs is 1. The van der Waals surface area contributed by atoms with Crippen LogP contribution in [0, 0.1) is 0 Å². The average molecular weight is 380 g/mol. The highest BCUT2D eigenvalue weighted by Gasteiger charge is 2.16. The summed E-state index contributed by atoms with van der Waals surface area (Å²) in [5.41, 5.74) is 3.44. The van der Waals surface area contributed by atoms with Crippen molar-refractivity contribution in [2.45, 2.75) is 19.8 Å². The highest BCUT2D eigenvalue weighted by Crippen LogP contribution is 2.23. The molecule has 3 aromatic rings. The molecule has 6 nitrogen and oxygen atoms in total. The van der Waals surface area contributed by atoms with Crippen LogP contribution in [0.2, 0.25) is 0 Å². The molecule has 0 bridgehead atoms. The normalized spacial score (nSPS) is 10.7. The molecule has 0 atom stereocenters. The molecule has 0 unspecified atom stereocenters. The van der Waals surface area contributed by atoms with Crippen molar-refractivity contribution in [3.63, 3.8) is 0 Å². The number of aryl methyl sites for hydroxylation is 1. The molecular formula is C22H24N2O4. The second kappa shape index (κ2) is 8.61. The summed E-state index contributed by atoms with van der Waals surface area (Å²) in [4.78, 5) is 26.2. The van der Waals surface area contributed by atoms with Crippen LogP contribution in [0.4, 0.5) is 5.69 Å². The van der Waals surface area contributed by atoms with Crippen LogP contribution < -0.4 is 10.1 Å². The maximum Gasteiger partial charge on any atom is 0.243 e. The molecule has 0 spiro atoms. The number of benzene rings is 2. The Kier molecular flexibility index (Phi) is 5.99. The number of carbonyl (C=O) groups is 2. The zero-order chi connectivity index (χ0) is 20.1. The van der Waals surface area contributed by atoms with E-state index in [9.17, 15) is 9.59 Å². The number of rotatable bonds is 7. The first-order chi connectivity index (χ1) is 13.5. The molecule has 1 aromatic heterocycles. The number of methoxy groups -OCH3 is 1. The van der Waals surface area contributed by atoms with Gasteiger partial charge in [0.2, 0.25) is 11.8 Å². The number of hydrogen-bond donors (Lipinski definition) is 1. The van der Waals surface area contributed by atoms with Crippen LogP contribution in [0.3, 0.4) is 0 Å². The molecule has 1 heterocycles. The number of anilines is 1. The SMILES string of the molecule is CCc1ccc2c(CC(=O)N(C)CC(=O)Nc3ccc(OC)cc3)coc2c1. The molecule has 0 aliphatic heterocycles. The monoisotopic (exact) mass is 380 g/mol. The van der Waals surface area contributed by atoms with Crippen molar-refractivity contribution < 1.29 is 18.7 Å². The molecule has 2 amide bonds. The van der Waals surface area contributed by atoms with Gasteiger partial charge in [-0.2, -0.15) is 0 Å². The Labute approximate surface area is 164 Å². The molecular weight excluding hydrogens is 356 g/mol. The smallest absolute Gasteiger partial charge is 0.243 e. The quantitative estimate of drug-likeness (QED) is 0.679. The van der Waals surface area contributed by atoms with Crippen molar-refractivity contribution in [1.29, 1.82) is 0 Å². The van der Waals surface area contributed by atoms with Crippen molar-refractivity contribution in [3.8, 4) is 5.75 Å². The van der Waals surface area contributed by atoms with E-state index in [2.05, 4.69) is 12.2 Å². The van der Waals surface area contributed by atoms with E-state index in [0.717, 1.165) is 23.0 Å². The van der Waals surface area contributed by atoms with Gasteiger partial charge in [0.25, 0.3) is 0 Å². The van der Waals surface area contributed by atoms with E-state index in [1.165, 1.54) is 10.5 Å². The predicted molar refractivity (Wildman–Crippen MR) is 109 cm³/mol. The largest absolute Gasteiger partial charge is 0.497 e. The van der Waals surface area contributed by atoms with E-state index in [0.29, 0.717) is 11.4 Å². The van der Waals surface area contributed by atoms with Gasteiger partial charge in [-0.25, -0.2) is 0 Å². The molecule has 146 valence electrons. The molecule has 0 radical (unpaired) electrons. The average Bonchev–Trinajstić information content (AvgIpc) is 3.10. The summed E-state index contributed by atoms with van der Waals surface area (Å²) in [5, 5.41) is 3.71. The molecule has 0 saturated heterocycles. The summed E-state index contributed by atoms with van der Waals surface area (Å²) in [7, 11) is 3.20. The summed E-state index contributed by atoms with van der Waals surface area (Å²) in [6, 6.07) is 13.0. The number of amides is 2. The Morgan fingerprint density at radius 3 is 2.57 bits per heavy atom. The summed E-state index contributed by atoms with van der Waals surface area (Å²) in [5.74, 6) is 0.307. The van der Waals surface area contributed by atoms with E-state index in [1.54, 1.807) is 44.7 Å². The van der Waals surface area contributed by atoms with Gasteiger partial charge in [-0.3, -0.25) is 9.59 Å². The van der Waals surface area contributed by atoms with Gasteiger partial charge in [0.05, 0.1) is 26.3 Å². The van der Waals surface area contributed by atoms with Crippen molar-refractivity contribution >= 4 is 28.5 Å². The maximum atomic E-state index is 12.5. The van der Waals surface area contributed by atoms with Gasteiger partial charge >= 0.3 is 0 Å². The molecule has 2 aromatic carbocycles. The third-order valence-electron chi connectivity index (χ3n) is 4.65. The Balaban J connectivity index is 1.58.